The Kier molecular flexibility index (Phi) is 3.36. The van der Waals surface area contributed by atoms with Gasteiger partial charge in [0.2, 0.25) is 0 Å². The van der Waals surface area contributed by atoms with Gasteiger partial charge in [-0.25, -0.2) is 0 Å². The fourth-order valence-electron chi connectivity index (χ4n) is 3.03. The highest BCUT2D eigenvalue weighted by molar-refractivity contribution is 5.37. The van der Waals surface area contributed by atoms with Crippen LogP contribution in [0.2, 0.25) is 0 Å². The number of rotatable bonds is 3. The van der Waals surface area contributed by atoms with Crippen molar-refractivity contribution in [3.05, 3.63) is 71.8 Å². The summed E-state index contributed by atoms with van der Waals surface area (Å²) in [6, 6.07) is 20.0. The molecular weight excluding hydrogens is 234 g/mol. The molecule has 19 heavy (non-hydrogen) atoms. The molecule has 0 aliphatic carbocycles. The van der Waals surface area contributed by atoms with E-state index >= 15 is 0 Å². The fourth-order valence-corrected chi connectivity index (χ4v) is 3.03. The molecule has 1 fully saturated rings. The Labute approximate surface area is 114 Å². The minimum absolute atomic E-state index is 0.220. The fraction of sp³-hybridized carbons (Fsp3) is 0.294. The summed E-state index contributed by atoms with van der Waals surface area (Å²) in [5.74, 6) is 0.220. The van der Waals surface area contributed by atoms with Crippen LogP contribution in [0.25, 0.3) is 0 Å². The molecule has 0 amide bonds. The topological polar surface area (TPSA) is 32.3 Å². The van der Waals surface area contributed by atoms with Gasteiger partial charge in [-0.3, -0.25) is 0 Å². The number of nitrogens with one attached hydrogen (secondary N) is 1. The van der Waals surface area contributed by atoms with E-state index in [0.717, 1.165) is 30.6 Å². The molecule has 2 nitrogen and oxygen atoms in total. The molecule has 2 N–H and O–H groups in total. The van der Waals surface area contributed by atoms with Crippen molar-refractivity contribution >= 4 is 0 Å². The Bertz CT molecular complexity index is 478. The van der Waals surface area contributed by atoms with Crippen molar-refractivity contribution in [2.45, 2.75) is 12.0 Å². The van der Waals surface area contributed by atoms with Crippen molar-refractivity contribution in [1.29, 1.82) is 0 Å². The molecule has 1 unspecified atom stereocenters. The first-order valence-electron chi connectivity index (χ1n) is 6.86. The molecule has 3 rings (SSSR count). The van der Waals surface area contributed by atoms with Gasteiger partial charge in [0.1, 0.15) is 5.60 Å². The van der Waals surface area contributed by atoms with E-state index in [2.05, 4.69) is 5.32 Å². The first-order valence-corrected chi connectivity index (χ1v) is 6.86. The molecule has 0 saturated carbocycles. The first kappa shape index (κ1) is 12.4. The summed E-state index contributed by atoms with van der Waals surface area (Å²) in [5, 5.41) is 14.8. The normalized spacial score (nSPS) is 19.5. The van der Waals surface area contributed by atoms with E-state index in [1.54, 1.807) is 0 Å². The first-order chi connectivity index (χ1) is 9.32. The zero-order chi connectivity index (χ0) is 13.1. The van der Waals surface area contributed by atoms with Crippen LogP contribution in [0.1, 0.15) is 17.5 Å². The van der Waals surface area contributed by atoms with E-state index in [1.807, 2.05) is 60.7 Å². The van der Waals surface area contributed by atoms with Gasteiger partial charge >= 0.3 is 0 Å². The van der Waals surface area contributed by atoms with E-state index < -0.39 is 5.60 Å². The van der Waals surface area contributed by atoms with Crippen molar-refractivity contribution in [2.75, 3.05) is 13.1 Å². The van der Waals surface area contributed by atoms with E-state index in [0.29, 0.717) is 0 Å². The van der Waals surface area contributed by atoms with E-state index in [1.165, 1.54) is 0 Å². The van der Waals surface area contributed by atoms with Crippen LogP contribution in [-0.2, 0) is 5.60 Å². The predicted molar refractivity (Wildman–Crippen MR) is 76.9 cm³/mol. The average Bonchev–Trinajstić information content (AvgIpc) is 3.03. The third-order valence-electron chi connectivity index (χ3n) is 4.08. The van der Waals surface area contributed by atoms with Crippen LogP contribution >= 0.6 is 0 Å². The van der Waals surface area contributed by atoms with Gasteiger partial charge in [-0.05, 0) is 24.1 Å². The second-order valence-corrected chi connectivity index (χ2v) is 5.19. The monoisotopic (exact) mass is 253 g/mol. The third-order valence-corrected chi connectivity index (χ3v) is 4.08. The van der Waals surface area contributed by atoms with Crippen LogP contribution < -0.4 is 5.32 Å². The zero-order valence-corrected chi connectivity index (χ0v) is 10.9. The summed E-state index contributed by atoms with van der Waals surface area (Å²) in [4.78, 5) is 0. The van der Waals surface area contributed by atoms with Gasteiger partial charge in [0.25, 0.3) is 0 Å². The highest BCUT2D eigenvalue weighted by Gasteiger charge is 2.41. The molecule has 2 heteroatoms. The summed E-state index contributed by atoms with van der Waals surface area (Å²) in [5.41, 5.74) is 1.07. The maximum atomic E-state index is 11.4. The molecule has 2 aromatic carbocycles. The summed E-state index contributed by atoms with van der Waals surface area (Å²) >= 11 is 0. The second-order valence-electron chi connectivity index (χ2n) is 5.19. The summed E-state index contributed by atoms with van der Waals surface area (Å²) in [6.07, 6.45) is 1.00. The van der Waals surface area contributed by atoms with Gasteiger partial charge in [0.05, 0.1) is 0 Å². The van der Waals surface area contributed by atoms with Crippen LogP contribution in [0.15, 0.2) is 60.7 Å². The smallest absolute Gasteiger partial charge is 0.119 e. The van der Waals surface area contributed by atoms with E-state index in [9.17, 15) is 5.11 Å². The largest absolute Gasteiger partial charge is 0.380 e. The van der Waals surface area contributed by atoms with Crippen molar-refractivity contribution in [3.63, 3.8) is 0 Å². The molecule has 98 valence electrons. The quantitative estimate of drug-likeness (QED) is 0.881. The maximum absolute atomic E-state index is 11.4. The molecule has 1 heterocycles. The van der Waals surface area contributed by atoms with Crippen LogP contribution in [0, 0.1) is 5.92 Å². The lowest BCUT2D eigenvalue weighted by atomic mass is 9.75. The van der Waals surface area contributed by atoms with Crippen LogP contribution in [0.4, 0.5) is 0 Å². The Morgan fingerprint density at radius 2 is 1.42 bits per heavy atom. The molecule has 0 bridgehead atoms. The summed E-state index contributed by atoms with van der Waals surface area (Å²) in [7, 11) is 0. The van der Waals surface area contributed by atoms with Crippen molar-refractivity contribution in [3.8, 4) is 0 Å². The van der Waals surface area contributed by atoms with Gasteiger partial charge in [0.15, 0.2) is 0 Å². The number of hydrogen-bond acceptors (Lipinski definition) is 2. The molecule has 1 aliphatic heterocycles. The van der Waals surface area contributed by atoms with Gasteiger partial charge in [0, 0.05) is 12.5 Å². The standard InChI is InChI=1S/C17H19NO/c19-17(16-11-12-18-13-16,14-7-3-1-4-8-14)15-9-5-2-6-10-15/h1-10,16,18-19H,11-13H2. The predicted octanol–water partition coefficient (Wildman–Crippen LogP) is 2.53. The number of hydrogen-bond donors (Lipinski definition) is 2. The summed E-state index contributed by atoms with van der Waals surface area (Å²) in [6.45, 7) is 1.84. The lowest BCUT2D eigenvalue weighted by Gasteiger charge is -2.35. The SMILES string of the molecule is OC(c1ccccc1)(c1ccccc1)C1CCNC1. The van der Waals surface area contributed by atoms with E-state index in [-0.39, 0.29) is 5.92 Å². The molecule has 1 aliphatic rings. The lowest BCUT2D eigenvalue weighted by molar-refractivity contribution is 0.0245. The molecule has 0 spiro atoms. The van der Waals surface area contributed by atoms with Crippen molar-refractivity contribution < 1.29 is 5.11 Å². The van der Waals surface area contributed by atoms with Gasteiger partial charge in [-0.15, -0.1) is 0 Å². The molecule has 1 saturated heterocycles. The van der Waals surface area contributed by atoms with Crippen molar-refractivity contribution in [2.24, 2.45) is 5.92 Å². The molecular formula is C17H19NO. The number of aliphatic hydroxyl groups is 1. The minimum atomic E-state index is -0.897. The van der Waals surface area contributed by atoms with Crippen LogP contribution in [0.5, 0.6) is 0 Å². The Balaban J connectivity index is 2.10. The second kappa shape index (κ2) is 5.16. The minimum Gasteiger partial charge on any atom is -0.380 e. The molecule has 1 atom stereocenters. The highest BCUT2D eigenvalue weighted by Crippen LogP contribution is 2.39. The molecule has 2 aromatic rings. The van der Waals surface area contributed by atoms with Gasteiger partial charge < -0.3 is 10.4 Å². The van der Waals surface area contributed by atoms with Crippen LogP contribution in [-0.4, -0.2) is 18.2 Å². The third kappa shape index (κ3) is 2.18. The highest BCUT2D eigenvalue weighted by atomic mass is 16.3. The zero-order valence-electron chi connectivity index (χ0n) is 10.9. The number of benzene rings is 2. The van der Waals surface area contributed by atoms with Crippen molar-refractivity contribution in [1.82, 2.24) is 5.32 Å². The average molecular weight is 253 g/mol. The summed E-state index contributed by atoms with van der Waals surface area (Å²) < 4.78 is 0. The Morgan fingerprint density at radius 3 is 1.84 bits per heavy atom. The Morgan fingerprint density at radius 1 is 0.895 bits per heavy atom. The van der Waals surface area contributed by atoms with Crippen LogP contribution in [0.3, 0.4) is 0 Å². The Hall–Kier alpha value is -1.64. The molecule has 0 aromatic heterocycles. The lowest BCUT2D eigenvalue weighted by Crippen LogP contribution is -2.37. The molecule has 0 radical (unpaired) electrons. The van der Waals surface area contributed by atoms with Gasteiger partial charge in [-0.1, -0.05) is 60.7 Å². The van der Waals surface area contributed by atoms with Gasteiger partial charge in [-0.2, -0.15) is 0 Å². The maximum Gasteiger partial charge on any atom is 0.119 e. The van der Waals surface area contributed by atoms with E-state index in [4.69, 9.17) is 0 Å².